The lowest BCUT2D eigenvalue weighted by atomic mass is 9.60. The Morgan fingerprint density at radius 2 is 2.00 bits per heavy atom. The van der Waals surface area contributed by atoms with Gasteiger partial charge in [0.25, 0.3) is 0 Å². The lowest BCUT2D eigenvalue weighted by Gasteiger charge is -2.53. The molecule has 2 aliphatic rings. The Kier molecular flexibility index (Phi) is 3.36. The minimum absolute atomic E-state index is 0.207. The lowest BCUT2D eigenvalue weighted by Crippen LogP contribution is -2.53. The third kappa shape index (κ3) is 2.08. The fraction of sp³-hybridized carbons (Fsp3) is 1.00. The summed E-state index contributed by atoms with van der Waals surface area (Å²) in [7, 11) is 2.02. The second-order valence-electron chi connectivity index (χ2n) is 4.87. The second-order valence-corrected chi connectivity index (χ2v) is 6.23. The van der Waals surface area contributed by atoms with Gasteiger partial charge in [0.2, 0.25) is 0 Å². The van der Waals surface area contributed by atoms with E-state index in [2.05, 4.69) is 30.9 Å². The Bertz CT molecular complexity index is 196. The molecular formula is C10H19IN2O. The van der Waals surface area contributed by atoms with Crippen LogP contribution < -0.4 is 0 Å². The molecule has 1 aliphatic heterocycles. The molecule has 3 nitrogen and oxygen atoms in total. The highest BCUT2D eigenvalue weighted by molar-refractivity contribution is 14.1. The van der Waals surface area contributed by atoms with Crippen molar-refractivity contribution < 1.29 is 5.11 Å². The highest BCUT2D eigenvalue weighted by atomic mass is 127. The van der Waals surface area contributed by atoms with Gasteiger partial charge in [0.1, 0.15) is 0 Å². The van der Waals surface area contributed by atoms with Gasteiger partial charge in [-0.3, -0.25) is 4.90 Å². The third-order valence-electron chi connectivity index (χ3n) is 3.95. The van der Waals surface area contributed by atoms with E-state index in [9.17, 15) is 0 Å². The van der Waals surface area contributed by atoms with Gasteiger partial charge in [0, 0.05) is 42.0 Å². The average molecular weight is 310 g/mol. The molecule has 1 spiro atoms. The van der Waals surface area contributed by atoms with E-state index < -0.39 is 0 Å². The monoisotopic (exact) mass is 310 g/mol. The van der Waals surface area contributed by atoms with Crippen molar-refractivity contribution in [2.24, 2.45) is 5.41 Å². The molecule has 4 heteroatoms. The molecular weight excluding hydrogens is 291 g/mol. The Labute approximate surface area is 99.9 Å². The maximum atomic E-state index is 9.02. The van der Waals surface area contributed by atoms with Crippen LogP contribution in [0.25, 0.3) is 0 Å². The van der Waals surface area contributed by atoms with Crippen molar-refractivity contribution in [3.8, 4) is 0 Å². The second kappa shape index (κ2) is 4.23. The van der Waals surface area contributed by atoms with Crippen LogP contribution in [-0.2, 0) is 0 Å². The minimum Gasteiger partial charge on any atom is -0.381 e. The lowest BCUT2D eigenvalue weighted by molar-refractivity contribution is -0.0454. The van der Waals surface area contributed by atoms with E-state index in [1.54, 1.807) is 0 Å². The van der Waals surface area contributed by atoms with Gasteiger partial charge in [0.15, 0.2) is 0 Å². The first-order valence-electron chi connectivity index (χ1n) is 5.37. The summed E-state index contributed by atoms with van der Waals surface area (Å²) in [5.41, 5.74) is 0.635. The maximum Gasteiger partial charge on any atom is 0.0956 e. The van der Waals surface area contributed by atoms with Crippen molar-refractivity contribution in [1.29, 1.82) is 0 Å². The number of halogens is 1. The first kappa shape index (κ1) is 11.1. The summed E-state index contributed by atoms with van der Waals surface area (Å²) in [5, 5.41) is 9.02. The average Bonchev–Trinajstić information content (AvgIpc) is 2.15. The summed E-state index contributed by atoms with van der Waals surface area (Å²) in [6, 6.07) is 0.640. The van der Waals surface area contributed by atoms with Crippen LogP contribution >= 0.6 is 22.9 Å². The Balaban J connectivity index is 1.80. The van der Waals surface area contributed by atoms with E-state index in [1.165, 1.54) is 38.8 Å². The molecule has 2 fully saturated rings. The molecule has 0 aromatic rings. The van der Waals surface area contributed by atoms with Gasteiger partial charge in [-0.05, 0) is 38.1 Å². The van der Waals surface area contributed by atoms with Gasteiger partial charge in [-0.25, -0.2) is 3.11 Å². The molecule has 14 heavy (non-hydrogen) atoms. The molecule has 0 atom stereocenters. The normalized spacial score (nSPS) is 28.3. The third-order valence-corrected chi connectivity index (χ3v) is 4.92. The van der Waals surface area contributed by atoms with E-state index in [0.29, 0.717) is 11.5 Å². The van der Waals surface area contributed by atoms with Gasteiger partial charge in [-0.15, -0.1) is 0 Å². The predicted molar refractivity (Wildman–Crippen MR) is 65.1 cm³/mol. The topological polar surface area (TPSA) is 26.7 Å². The minimum atomic E-state index is 0.207. The van der Waals surface area contributed by atoms with Gasteiger partial charge in [-0.2, -0.15) is 0 Å². The molecule has 1 saturated heterocycles. The van der Waals surface area contributed by atoms with Gasteiger partial charge >= 0.3 is 0 Å². The summed E-state index contributed by atoms with van der Waals surface area (Å²) in [6.07, 6.45) is 5.31. The summed E-state index contributed by atoms with van der Waals surface area (Å²) in [6.45, 7) is 2.70. The van der Waals surface area contributed by atoms with Crippen LogP contribution in [0.3, 0.4) is 0 Å². The zero-order valence-electron chi connectivity index (χ0n) is 8.75. The van der Waals surface area contributed by atoms with E-state index in [0.717, 1.165) is 0 Å². The van der Waals surface area contributed by atoms with Gasteiger partial charge < -0.3 is 5.11 Å². The number of rotatable bonds is 2. The van der Waals surface area contributed by atoms with Crippen molar-refractivity contribution in [1.82, 2.24) is 8.01 Å². The first-order chi connectivity index (χ1) is 6.65. The number of piperidine rings is 1. The van der Waals surface area contributed by atoms with Crippen molar-refractivity contribution >= 4 is 22.9 Å². The molecule has 0 bridgehead atoms. The molecule has 0 aromatic heterocycles. The van der Waals surface area contributed by atoms with Crippen molar-refractivity contribution in [2.75, 3.05) is 26.9 Å². The van der Waals surface area contributed by atoms with Crippen molar-refractivity contribution in [2.45, 2.75) is 31.7 Å². The molecule has 0 unspecified atom stereocenters. The highest BCUT2D eigenvalue weighted by Crippen LogP contribution is 2.50. The first-order valence-corrected chi connectivity index (χ1v) is 6.33. The molecule has 0 amide bonds. The Hall–Kier alpha value is 0.610. The number of hydrogen-bond donors (Lipinski definition) is 1. The van der Waals surface area contributed by atoms with E-state index >= 15 is 0 Å². The van der Waals surface area contributed by atoms with E-state index in [1.807, 2.05) is 7.05 Å². The zero-order valence-corrected chi connectivity index (χ0v) is 10.9. The standard InChI is InChI=1S/C10H19IN2O/c1-12(8-14)9-6-10(7-9)2-4-13(11)5-3-10/h9,14H,2-8H2,1H3. The molecule has 82 valence electrons. The number of aliphatic hydroxyl groups is 1. The van der Waals surface area contributed by atoms with Crippen molar-refractivity contribution in [3.05, 3.63) is 0 Å². The van der Waals surface area contributed by atoms with Crippen molar-refractivity contribution in [3.63, 3.8) is 0 Å². The fourth-order valence-electron chi connectivity index (χ4n) is 2.73. The fourth-order valence-corrected chi connectivity index (χ4v) is 3.21. The smallest absolute Gasteiger partial charge is 0.0956 e. The molecule has 1 aliphatic carbocycles. The summed E-state index contributed by atoms with van der Waals surface area (Å²) in [4.78, 5) is 2.07. The Morgan fingerprint density at radius 1 is 1.43 bits per heavy atom. The molecule has 1 N–H and O–H groups in total. The van der Waals surface area contributed by atoms with Gasteiger partial charge in [0.05, 0.1) is 6.73 Å². The molecule has 2 rings (SSSR count). The predicted octanol–water partition coefficient (Wildman–Crippen LogP) is 1.46. The summed E-state index contributed by atoms with van der Waals surface area (Å²) < 4.78 is 2.39. The van der Waals surface area contributed by atoms with Crippen LogP contribution in [0.15, 0.2) is 0 Å². The number of aliphatic hydroxyl groups excluding tert-OH is 1. The summed E-state index contributed by atoms with van der Waals surface area (Å²) in [5.74, 6) is 0. The van der Waals surface area contributed by atoms with Crippen LogP contribution in [0.1, 0.15) is 25.7 Å². The van der Waals surface area contributed by atoms with E-state index in [4.69, 9.17) is 5.11 Å². The molecule has 0 aromatic carbocycles. The van der Waals surface area contributed by atoms with Crippen LogP contribution in [0, 0.1) is 5.41 Å². The molecule has 0 radical (unpaired) electrons. The van der Waals surface area contributed by atoms with E-state index in [-0.39, 0.29) is 6.73 Å². The summed E-state index contributed by atoms with van der Waals surface area (Å²) >= 11 is 2.42. The maximum absolute atomic E-state index is 9.02. The molecule has 1 heterocycles. The molecule has 1 saturated carbocycles. The highest BCUT2D eigenvalue weighted by Gasteiger charge is 2.46. The number of nitrogens with zero attached hydrogens (tertiary/aromatic N) is 2. The largest absolute Gasteiger partial charge is 0.381 e. The van der Waals surface area contributed by atoms with Gasteiger partial charge in [-0.1, -0.05) is 0 Å². The quantitative estimate of drug-likeness (QED) is 0.475. The SMILES string of the molecule is CN(CO)C1CC2(CCN(I)CC2)C1. The van der Waals surface area contributed by atoms with Crippen LogP contribution in [0.4, 0.5) is 0 Å². The Morgan fingerprint density at radius 3 is 2.50 bits per heavy atom. The van der Waals surface area contributed by atoms with Crippen LogP contribution in [0.5, 0.6) is 0 Å². The zero-order chi connectivity index (χ0) is 10.2. The van der Waals surface area contributed by atoms with Crippen LogP contribution in [-0.4, -0.2) is 46.0 Å². The number of hydrogen-bond acceptors (Lipinski definition) is 3. The van der Waals surface area contributed by atoms with Crippen LogP contribution in [0.2, 0.25) is 0 Å².